The molecule has 2 aromatic carbocycles. The minimum atomic E-state index is -1.26. The smallest absolute Gasteiger partial charge is 0.347 e. The first-order chi connectivity index (χ1) is 13.1. The summed E-state index contributed by atoms with van der Waals surface area (Å²) in [5, 5.41) is 0. The molecule has 0 atom stereocenters. The van der Waals surface area contributed by atoms with E-state index in [4.69, 9.17) is 9.47 Å². The van der Waals surface area contributed by atoms with Gasteiger partial charge >= 0.3 is 5.97 Å². The minimum Gasteiger partial charge on any atom is -0.462 e. The van der Waals surface area contributed by atoms with E-state index in [0.717, 1.165) is 17.7 Å². The van der Waals surface area contributed by atoms with Crippen molar-refractivity contribution in [3.8, 4) is 0 Å². The summed E-state index contributed by atoms with van der Waals surface area (Å²) in [6.07, 6.45) is 0. The molecule has 2 rings (SSSR count). The number of benzene rings is 2. The SMILES string of the molecule is CCOC(C(=O)OCCN(CC)C(C)C)(c1ccccc1)c1ccccc1. The lowest BCUT2D eigenvalue weighted by Crippen LogP contribution is -2.43. The average molecular weight is 370 g/mol. The van der Waals surface area contributed by atoms with Crippen LogP contribution in [0.15, 0.2) is 60.7 Å². The molecule has 4 heteroatoms. The van der Waals surface area contributed by atoms with Gasteiger partial charge in [0.05, 0.1) is 0 Å². The van der Waals surface area contributed by atoms with Crippen LogP contribution in [0.1, 0.15) is 38.8 Å². The van der Waals surface area contributed by atoms with E-state index in [1.165, 1.54) is 0 Å². The molecule has 0 fully saturated rings. The molecule has 27 heavy (non-hydrogen) atoms. The first-order valence-corrected chi connectivity index (χ1v) is 9.72. The maximum absolute atomic E-state index is 13.3. The second-order valence-corrected chi connectivity index (χ2v) is 6.70. The third-order valence-electron chi connectivity index (χ3n) is 4.76. The monoisotopic (exact) mass is 369 g/mol. The number of carbonyl (C=O) groups excluding carboxylic acids is 1. The molecule has 0 N–H and O–H groups in total. The third-order valence-corrected chi connectivity index (χ3v) is 4.76. The molecule has 4 nitrogen and oxygen atoms in total. The van der Waals surface area contributed by atoms with E-state index >= 15 is 0 Å². The van der Waals surface area contributed by atoms with Gasteiger partial charge in [0.2, 0.25) is 5.60 Å². The molecule has 0 aliphatic heterocycles. The molecule has 0 saturated heterocycles. The Kier molecular flexibility index (Phi) is 8.01. The van der Waals surface area contributed by atoms with Gasteiger partial charge in [0, 0.05) is 19.2 Å². The average Bonchev–Trinajstić information content (AvgIpc) is 2.70. The van der Waals surface area contributed by atoms with Gasteiger partial charge in [-0.3, -0.25) is 4.90 Å². The Balaban J connectivity index is 2.33. The van der Waals surface area contributed by atoms with Gasteiger partial charge in [-0.15, -0.1) is 0 Å². The number of hydrogen-bond donors (Lipinski definition) is 0. The molecule has 0 heterocycles. The van der Waals surface area contributed by atoms with Crippen LogP contribution < -0.4 is 0 Å². The fraction of sp³-hybridized carbons (Fsp3) is 0.435. The van der Waals surface area contributed by atoms with Gasteiger partial charge in [-0.25, -0.2) is 4.79 Å². The number of nitrogens with zero attached hydrogens (tertiary/aromatic N) is 1. The van der Waals surface area contributed by atoms with Gasteiger partial charge in [0.25, 0.3) is 0 Å². The first kappa shape index (κ1) is 21.1. The lowest BCUT2D eigenvalue weighted by molar-refractivity contribution is -0.168. The van der Waals surface area contributed by atoms with Gasteiger partial charge in [0.1, 0.15) is 6.61 Å². The van der Waals surface area contributed by atoms with Gasteiger partial charge in [-0.1, -0.05) is 67.6 Å². The Morgan fingerprint density at radius 1 is 0.963 bits per heavy atom. The van der Waals surface area contributed by atoms with Crippen molar-refractivity contribution in [3.63, 3.8) is 0 Å². The normalized spacial score (nSPS) is 11.8. The zero-order valence-corrected chi connectivity index (χ0v) is 16.9. The van der Waals surface area contributed by atoms with E-state index in [-0.39, 0.29) is 5.97 Å². The van der Waals surface area contributed by atoms with Crippen molar-refractivity contribution in [2.24, 2.45) is 0 Å². The number of hydrogen-bond acceptors (Lipinski definition) is 4. The molecule has 0 spiro atoms. The minimum absolute atomic E-state index is 0.333. The molecule has 0 radical (unpaired) electrons. The van der Waals surface area contributed by atoms with Crippen molar-refractivity contribution in [3.05, 3.63) is 71.8 Å². The number of rotatable bonds is 10. The lowest BCUT2D eigenvalue weighted by Gasteiger charge is -2.33. The largest absolute Gasteiger partial charge is 0.462 e. The molecule has 0 saturated carbocycles. The van der Waals surface area contributed by atoms with Crippen molar-refractivity contribution in [2.75, 3.05) is 26.3 Å². The summed E-state index contributed by atoms with van der Waals surface area (Å²) >= 11 is 0. The summed E-state index contributed by atoms with van der Waals surface area (Å²) in [7, 11) is 0. The van der Waals surface area contributed by atoms with Gasteiger partial charge < -0.3 is 9.47 Å². The summed E-state index contributed by atoms with van der Waals surface area (Å²) in [6.45, 7) is 10.6. The predicted octanol–water partition coefficient (Wildman–Crippen LogP) is 4.24. The van der Waals surface area contributed by atoms with E-state index in [9.17, 15) is 4.79 Å². The topological polar surface area (TPSA) is 38.8 Å². The van der Waals surface area contributed by atoms with E-state index in [1.807, 2.05) is 67.6 Å². The molecule has 0 unspecified atom stereocenters. The highest BCUT2D eigenvalue weighted by Gasteiger charge is 2.44. The Bertz CT molecular complexity index is 646. The van der Waals surface area contributed by atoms with Crippen LogP contribution in [0.5, 0.6) is 0 Å². The standard InChI is InChI=1S/C23H31NO3/c1-5-24(19(3)4)17-18-26-22(25)23(27-6-2,20-13-9-7-10-14-20)21-15-11-8-12-16-21/h7-16,19H,5-6,17-18H2,1-4H3. The van der Waals surface area contributed by atoms with Crippen molar-refractivity contribution in [1.29, 1.82) is 0 Å². The quantitative estimate of drug-likeness (QED) is 0.587. The van der Waals surface area contributed by atoms with Crippen molar-refractivity contribution >= 4 is 5.97 Å². The maximum atomic E-state index is 13.3. The van der Waals surface area contributed by atoms with Gasteiger partial charge in [0.15, 0.2) is 0 Å². The second kappa shape index (κ2) is 10.2. The molecule has 0 amide bonds. The highest BCUT2D eigenvalue weighted by molar-refractivity contribution is 5.85. The predicted molar refractivity (Wildman–Crippen MR) is 109 cm³/mol. The number of likely N-dealkylation sites (N-methyl/N-ethyl adjacent to an activating group) is 1. The van der Waals surface area contributed by atoms with Crippen LogP contribution in [0.25, 0.3) is 0 Å². The molecular weight excluding hydrogens is 338 g/mol. The highest BCUT2D eigenvalue weighted by atomic mass is 16.6. The fourth-order valence-electron chi connectivity index (χ4n) is 3.33. The highest BCUT2D eigenvalue weighted by Crippen LogP contribution is 2.35. The summed E-state index contributed by atoms with van der Waals surface area (Å²) < 4.78 is 11.9. The lowest BCUT2D eigenvalue weighted by atomic mass is 9.86. The van der Waals surface area contributed by atoms with Crippen molar-refractivity contribution in [2.45, 2.75) is 39.3 Å². The Hall–Kier alpha value is -2.17. The Labute approximate surface area is 163 Å². The van der Waals surface area contributed by atoms with Crippen LogP contribution in [0, 0.1) is 0 Å². The van der Waals surface area contributed by atoms with Crippen molar-refractivity contribution < 1.29 is 14.3 Å². The van der Waals surface area contributed by atoms with E-state index in [1.54, 1.807) is 0 Å². The number of carbonyl (C=O) groups is 1. The van der Waals surface area contributed by atoms with Gasteiger partial charge in [-0.05, 0) is 38.4 Å². The Morgan fingerprint density at radius 2 is 1.48 bits per heavy atom. The molecule has 0 bridgehead atoms. The van der Waals surface area contributed by atoms with Crippen LogP contribution in [0.2, 0.25) is 0 Å². The van der Waals surface area contributed by atoms with Crippen LogP contribution in [0.3, 0.4) is 0 Å². The van der Waals surface area contributed by atoms with Crippen LogP contribution in [-0.2, 0) is 19.9 Å². The fourth-order valence-corrected chi connectivity index (χ4v) is 3.33. The van der Waals surface area contributed by atoms with Crippen LogP contribution >= 0.6 is 0 Å². The summed E-state index contributed by atoms with van der Waals surface area (Å²) in [5.41, 5.74) is 0.296. The van der Waals surface area contributed by atoms with Crippen molar-refractivity contribution in [1.82, 2.24) is 4.90 Å². The second-order valence-electron chi connectivity index (χ2n) is 6.70. The number of ether oxygens (including phenoxy) is 2. The summed E-state index contributed by atoms with van der Waals surface area (Å²) in [4.78, 5) is 15.6. The van der Waals surface area contributed by atoms with Crippen LogP contribution in [0.4, 0.5) is 0 Å². The van der Waals surface area contributed by atoms with E-state index < -0.39 is 5.60 Å². The zero-order valence-electron chi connectivity index (χ0n) is 16.9. The molecular formula is C23H31NO3. The van der Waals surface area contributed by atoms with E-state index in [0.29, 0.717) is 25.8 Å². The third kappa shape index (κ3) is 4.96. The molecule has 2 aromatic rings. The van der Waals surface area contributed by atoms with Crippen LogP contribution in [-0.4, -0.2) is 43.2 Å². The molecule has 0 aromatic heterocycles. The maximum Gasteiger partial charge on any atom is 0.347 e. The zero-order chi connectivity index (χ0) is 19.7. The van der Waals surface area contributed by atoms with E-state index in [2.05, 4.69) is 25.7 Å². The first-order valence-electron chi connectivity index (χ1n) is 9.72. The Morgan fingerprint density at radius 3 is 1.89 bits per heavy atom. The van der Waals surface area contributed by atoms with Gasteiger partial charge in [-0.2, -0.15) is 0 Å². The molecule has 0 aliphatic rings. The summed E-state index contributed by atoms with van der Waals surface area (Å²) in [6, 6.07) is 19.6. The summed E-state index contributed by atoms with van der Waals surface area (Å²) in [5.74, 6) is -0.374. The molecule has 146 valence electrons. The molecule has 0 aliphatic carbocycles. The number of esters is 1.